The first kappa shape index (κ1) is 12.3. The molecule has 0 aromatic rings. The molecule has 0 spiro atoms. The molecular formula is C5H13KN2. The molecule has 0 atom stereocenters. The summed E-state index contributed by atoms with van der Waals surface area (Å²) in [6.45, 7) is 4.96. The van der Waals surface area contributed by atoms with Gasteiger partial charge in [-0.15, -0.1) is 6.54 Å². The Labute approximate surface area is 94.2 Å². The van der Waals surface area contributed by atoms with Crippen molar-refractivity contribution in [2.75, 3.05) is 26.7 Å². The number of hydrogen-bond acceptors (Lipinski definition) is 1. The van der Waals surface area contributed by atoms with Gasteiger partial charge in [-0.1, -0.05) is 6.92 Å². The molecule has 0 saturated heterocycles. The fourth-order valence-corrected chi connectivity index (χ4v) is 0.349. The Hall–Kier alpha value is 1.56. The molecule has 0 fully saturated rings. The van der Waals surface area contributed by atoms with Crippen molar-refractivity contribution in [1.29, 1.82) is 0 Å². The van der Waals surface area contributed by atoms with E-state index in [1.54, 1.807) is 0 Å². The van der Waals surface area contributed by atoms with Gasteiger partial charge in [0.25, 0.3) is 0 Å². The van der Waals surface area contributed by atoms with E-state index in [-0.39, 0.29) is 51.4 Å². The summed E-state index contributed by atoms with van der Waals surface area (Å²) in [5, 5.41) is 7.11. The number of nitrogens with zero attached hydrogens (tertiary/aromatic N) is 1. The molecule has 44 valence electrons. The van der Waals surface area contributed by atoms with Gasteiger partial charge >= 0.3 is 51.4 Å². The van der Waals surface area contributed by atoms with E-state index in [2.05, 4.69) is 17.6 Å². The maximum atomic E-state index is 4.10. The number of nitrogens with one attached hydrogen (secondary N) is 1. The second-order valence-electron chi connectivity index (χ2n) is 1.37. The van der Waals surface area contributed by atoms with Crippen molar-refractivity contribution in [2.45, 2.75) is 6.92 Å². The van der Waals surface area contributed by atoms with Crippen LogP contribution in [0, 0.1) is 0 Å². The summed E-state index contributed by atoms with van der Waals surface area (Å²) in [5.41, 5.74) is 0. The van der Waals surface area contributed by atoms with Gasteiger partial charge in [-0.05, 0) is 13.6 Å². The van der Waals surface area contributed by atoms with Gasteiger partial charge in [-0.3, -0.25) is 0 Å². The van der Waals surface area contributed by atoms with Crippen LogP contribution in [0.25, 0.3) is 5.32 Å². The minimum absolute atomic E-state index is 0. The molecule has 8 heavy (non-hydrogen) atoms. The van der Waals surface area contributed by atoms with Gasteiger partial charge in [0.1, 0.15) is 0 Å². The van der Waals surface area contributed by atoms with Crippen LogP contribution >= 0.6 is 0 Å². The van der Waals surface area contributed by atoms with E-state index in [1.165, 1.54) is 0 Å². The first-order valence-electron chi connectivity index (χ1n) is 2.69. The molecule has 0 amide bonds. The maximum Gasteiger partial charge on any atom is 1.00 e. The Balaban J connectivity index is 0. The minimum atomic E-state index is 0. The second-order valence-corrected chi connectivity index (χ2v) is 1.37. The van der Waals surface area contributed by atoms with Crippen molar-refractivity contribution < 1.29 is 51.4 Å². The monoisotopic (exact) mass is 140 g/mol. The summed E-state index contributed by atoms with van der Waals surface area (Å²) in [5.74, 6) is 0. The molecule has 0 bridgehead atoms. The van der Waals surface area contributed by atoms with Crippen LogP contribution in [0.2, 0.25) is 0 Å². The zero-order chi connectivity index (χ0) is 5.54. The van der Waals surface area contributed by atoms with Crippen molar-refractivity contribution >= 4 is 0 Å². The van der Waals surface area contributed by atoms with Crippen molar-refractivity contribution in [3.8, 4) is 0 Å². The predicted molar refractivity (Wildman–Crippen MR) is 32.7 cm³/mol. The molecule has 0 heterocycles. The Morgan fingerprint density at radius 3 is 2.50 bits per heavy atom. The molecule has 3 heteroatoms. The Morgan fingerprint density at radius 1 is 1.50 bits per heavy atom. The molecule has 0 aliphatic carbocycles. The summed E-state index contributed by atoms with van der Waals surface area (Å²) in [7, 11) is 1.94. The standard InChI is InChI=1S/C5H13N2.K/c1-3-7-5-4-6-2;/h6H,3-5H2,1-2H3;/q-1;+1. The number of rotatable bonds is 4. The number of likely N-dealkylation sites (N-methyl/N-ethyl adjacent to an activating group) is 2. The summed E-state index contributed by atoms with van der Waals surface area (Å²) in [4.78, 5) is 0. The van der Waals surface area contributed by atoms with Crippen LogP contribution < -0.4 is 56.7 Å². The van der Waals surface area contributed by atoms with Crippen molar-refractivity contribution in [3.63, 3.8) is 0 Å². The first-order valence-corrected chi connectivity index (χ1v) is 2.69. The third-order valence-corrected chi connectivity index (χ3v) is 0.744. The molecule has 0 aliphatic rings. The Morgan fingerprint density at radius 2 is 2.12 bits per heavy atom. The van der Waals surface area contributed by atoms with Crippen LogP contribution in [0.1, 0.15) is 6.92 Å². The Kier molecular flexibility index (Phi) is 17.4. The average Bonchev–Trinajstić information content (AvgIpc) is 1.69. The van der Waals surface area contributed by atoms with Crippen molar-refractivity contribution in [1.82, 2.24) is 5.32 Å². The largest absolute Gasteiger partial charge is 1.00 e. The van der Waals surface area contributed by atoms with Crippen molar-refractivity contribution in [2.24, 2.45) is 0 Å². The van der Waals surface area contributed by atoms with E-state index >= 15 is 0 Å². The molecule has 2 nitrogen and oxygen atoms in total. The van der Waals surface area contributed by atoms with Gasteiger partial charge in [-0.25, -0.2) is 0 Å². The predicted octanol–water partition coefficient (Wildman–Crippen LogP) is -2.40. The van der Waals surface area contributed by atoms with Crippen LogP contribution in [-0.4, -0.2) is 26.7 Å². The fraction of sp³-hybridized carbons (Fsp3) is 1.00. The molecule has 0 aromatic carbocycles. The van der Waals surface area contributed by atoms with E-state index in [0.29, 0.717) is 0 Å². The van der Waals surface area contributed by atoms with Crippen LogP contribution in [0.15, 0.2) is 0 Å². The molecule has 0 aromatic heterocycles. The van der Waals surface area contributed by atoms with Crippen LogP contribution in [0.4, 0.5) is 0 Å². The fourth-order valence-electron chi connectivity index (χ4n) is 0.349. The average molecular weight is 140 g/mol. The molecular weight excluding hydrogens is 127 g/mol. The summed E-state index contributed by atoms with van der Waals surface area (Å²) in [6, 6.07) is 0. The van der Waals surface area contributed by atoms with Crippen molar-refractivity contribution in [3.05, 3.63) is 5.32 Å². The van der Waals surface area contributed by atoms with Crippen LogP contribution in [-0.2, 0) is 0 Å². The molecule has 0 aliphatic heterocycles. The molecule has 0 saturated carbocycles. The summed E-state index contributed by atoms with van der Waals surface area (Å²) in [6.07, 6.45) is 0. The van der Waals surface area contributed by atoms with Gasteiger partial charge < -0.3 is 10.6 Å². The SMILES string of the molecule is CC[N-]CCNC.[K+]. The Bertz CT molecular complexity index is 29.6. The first-order chi connectivity index (χ1) is 3.41. The molecule has 0 rings (SSSR count). The van der Waals surface area contributed by atoms with Gasteiger partial charge in [0.2, 0.25) is 0 Å². The minimum Gasteiger partial charge on any atom is -0.661 e. The van der Waals surface area contributed by atoms with E-state index < -0.39 is 0 Å². The third kappa shape index (κ3) is 10.5. The van der Waals surface area contributed by atoms with Crippen LogP contribution in [0.5, 0.6) is 0 Å². The van der Waals surface area contributed by atoms with Crippen LogP contribution in [0.3, 0.4) is 0 Å². The van der Waals surface area contributed by atoms with E-state index in [0.717, 1.165) is 19.6 Å². The van der Waals surface area contributed by atoms with Gasteiger partial charge in [0.05, 0.1) is 0 Å². The van der Waals surface area contributed by atoms with Gasteiger partial charge in [-0.2, -0.15) is 6.54 Å². The zero-order valence-corrected chi connectivity index (χ0v) is 9.19. The quantitative estimate of drug-likeness (QED) is 0.342. The smallest absolute Gasteiger partial charge is 0.661 e. The zero-order valence-electron chi connectivity index (χ0n) is 6.07. The molecule has 0 radical (unpaired) electrons. The van der Waals surface area contributed by atoms with Gasteiger partial charge in [0.15, 0.2) is 0 Å². The van der Waals surface area contributed by atoms with E-state index in [9.17, 15) is 0 Å². The normalized spacial score (nSPS) is 8.25. The topological polar surface area (TPSA) is 26.1 Å². The molecule has 0 unspecified atom stereocenters. The maximum absolute atomic E-state index is 4.10. The summed E-state index contributed by atoms with van der Waals surface area (Å²) < 4.78 is 0. The van der Waals surface area contributed by atoms with Gasteiger partial charge in [0, 0.05) is 0 Å². The summed E-state index contributed by atoms with van der Waals surface area (Å²) >= 11 is 0. The third-order valence-electron chi connectivity index (χ3n) is 0.744. The van der Waals surface area contributed by atoms with E-state index in [1.807, 2.05) is 7.05 Å². The second kappa shape index (κ2) is 11.4. The van der Waals surface area contributed by atoms with E-state index in [4.69, 9.17) is 0 Å². The number of hydrogen-bond donors (Lipinski definition) is 1. The molecule has 1 N–H and O–H groups in total.